The van der Waals surface area contributed by atoms with Crippen molar-refractivity contribution >= 4 is 35.5 Å². The summed E-state index contributed by atoms with van der Waals surface area (Å²) in [7, 11) is 5.28. The average Bonchev–Trinajstić information content (AvgIpc) is 3.91. The molecular formula is C55H90N8O12. The molecule has 75 heavy (non-hydrogen) atoms. The quantitative estimate of drug-likeness (QED) is 0.0575. The Balaban J connectivity index is 1.33. The number of cyclic esters (lactones) is 1. The number of fused-ring (bicyclic) bond motifs is 1. The van der Waals surface area contributed by atoms with Crippen LogP contribution < -0.4 is 16.0 Å². The number of esters is 1. The van der Waals surface area contributed by atoms with Crippen LogP contribution in [0.25, 0.3) is 11.3 Å². The van der Waals surface area contributed by atoms with Gasteiger partial charge in [0.1, 0.15) is 29.4 Å². The van der Waals surface area contributed by atoms with E-state index >= 15 is 0 Å². The second-order valence-electron chi connectivity index (χ2n) is 24.0. The molecule has 0 aliphatic carbocycles. The summed E-state index contributed by atoms with van der Waals surface area (Å²) in [5, 5.41) is 30.0. The minimum Gasteiger partial charge on any atom is -0.458 e. The van der Waals surface area contributed by atoms with Crippen LogP contribution >= 0.6 is 0 Å². The number of ether oxygens (including phenoxy) is 6. The van der Waals surface area contributed by atoms with Crippen molar-refractivity contribution in [2.45, 2.75) is 207 Å². The average molecular weight is 1060 g/mol. The number of hydrogen-bond donors (Lipinski definition) is 4. The standard InChI is InChI=1S/C55H90N8O12/c1-17-42-55(13)46(63(51(69)75-55)26-19-18-25-62-32-40(59-60-62)37-21-20-22-38(27-37)58-50(68)74-53(9,10)11)36(5)56-30-33(2)29-54(12,70-16)47(34(3)44(65)35(4)48(67)72-42)73-49-45(66)41(61(14)15)28-39(71-49)31-57-43(64)23-24-52(6,7)8/h20-22,27,32-36,39,41-42,45-47,49,56,66H,17-19,23-26,28-31H2,1-16H3,(H,57,64)(H,58,68)/t33-,34+,35-,36-,39?,41?,42-,45?,46-,47-,49+,54-,55-/m1/s1. The number of unbranched alkanes of at least 4 members (excludes halogenated alkanes) is 1. The van der Waals surface area contributed by atoms with Gasteiger partial charge in [-0.15, -0.1) is 5.10 Å². The van der Waals surface area contributed by atoms with E-state index in [1.54, 1.807) is 63.4 Å². The van der Waals surface area contributed by atoms with Crippen LogP contribution in [0.4, 0.5) is 15.3 Å². The molecular weight excluding hydrogens is 965 g/mol. The molecule has 422 valence electrons. The fourth-order valence-corrected chi connectivity index (χ4v) is 10.8. The maximum Gasteiger partial charge on any atom is 0.412 e. The molecule has 3 saturated heterocycles. The number of carbonyl (C=O) groups excluding carboxylic acids is 5. The van der Waals surface area contributed by atoms with Gasteiger partial charge in [-0.05, 0) is 131 Å². The third kappa shape index (κ3) is 16.2. The largest absolute Gasteiger partial charge is 0.458 e. The SMILES string of the molecule is CC[C@H]1OC(=O)[C@H](C)C(=O)[C@H](C)[C@@H](O[C@@H]2OC(CNC(=O)CCC(C)(C)C)CC(N(C)C)C2O)[C@](C)(OC)C[C@@H](C)CN[C@H](C)[C@H]2N(CCCCn3cc(-c4cccc(NC(=O)OC(C)(C)C)c4)nn3)C(=O)O[C@]12C. The number of aliphatic hydroxyl groups is 1. The molecule has 3 fully saturated rings. The number of rotatable bonds is 16. The first-order chi connectivity index (χ1) is 35.0. The number of aryl methyl sites for hydroxylation is 1. The highest BCUT2D eigenvalue weighted by Crippen LogP contribution is 2.40. The Kier molecular flexibility index (Phi) is 20.9. The van der Waals surface area contributed by atoms with Crippen LogP contribution in [0.1, 0.15) is 135 Å². The second-order valence-corrected chi connectivity index (χ2v) is 24.0. The lowest BCUT2D eigenvalue weighted by Crippen LogP contribution is -2.61. The summed E-state index contributed by atoms with van der Waals surface area (Å²) in [4.78, 5) is 71.9. The van der Waals surface area contributed by atoms with Gasteiger partial charge in [0.05, 0.1) is 30.0 Å². The van der Waals surface area contributed by atoms with E-state index in [9.17, 15) is 29.1 Å². The minimum atomic E-state index is -1.30. The number of carbonyl (C=O) groups is 5. The summed E-state index contributed by atoms with van der Waals surface area (Å²) >= 11 is 0. The molecule has 3 amide bonds. The fraction of sp³-hybridized carbons (Fsp3) is 0.764. The predicted octanol–water partition coefficient (Wildman–Crippen LogP) is 6.97. The van der Waals surface area contributed by atoms with Gasteiger partial charge in [-0.3, -0.25) is 29.3 Å². The fourth-order valence-electron chi connectivity index (χ4n) is 10.8. The molecule has 2 aromatic rings. The van der Waals surface area contributed by atoms with Gasteiger partial charge < -0.3 is 49.1 Å². The van der Waals surface area contributed by atoms with Crippen molar-refractivity contribution in [1.82, 2.24) is 35.4 Å². The Bertz CT molecular complexity index is 2250. The summed E-state index contributed by atoms with van der Waals surface area (Å²) < 4.78 is 39.3. The number of nitrogens with one attached hydrogen (secondary N) is 3. The molecule has 20 nitrogen and oxygen atoms in total. The third-order valence-electron chi connectivity index (χ3n) is 15.0. The van der Waals surface area contributed by atoms with Gasteiger partial charge in [0.25, 0.3) is 0 Å². The highest BCUT2D eigenvalue weighted by atomic mass is 16.7. The molecule has 0 radical (unpaired) electrons. The smallest absolute Gasteiger partial charge is 0.412 e. The zero-order valence-electron chi connectivity index (χ0n) is 47.7. The topological polar surface area (TPSA) is 234 Å². The van der Waals surface area contributed by atoms with E-state index in [0.717, 1.165) is 12.0 Å². The lowest BCUT2D eigenvalue weighted by atomic mass is 9.78. The van der Waals surface area contributed by atoms with Gasteiger partial charge >= 0.3 is 18.2 Å². The highest BCUT2D eigenvalue weighted by Gasteiger charge is 2.59. The molecule has 1 aromatic carbocycles. The maximum atomic E-state index is 14.7. The van der Waals surface area contributed by atoms with E-state index in [4.69, 9.17) is 28.4 Å². The summed E-state index contributed by atoms with van der Waals surface area (Å²) in [6.07, 6.45) is -0.629. The maximum absolute atomic E-state index is 14.7. The number of benzene rings is 1. The molecule has 0 bridgehead atoms. The highest BCUT2D eigenvalue weighted by molar-refractivity contribution is 6.00. The van der Waals surface area contributed by atoms with Gasteiger partial charge in [-0.2, -0.15) is 0 Å². The normalized spacial score (nSPS) is 31.5. The molecule has 0 saturated carbocycles. The van der Waals surface area contributed by atoms with Gasteiger partial charge in [0.2, 0.25) is 5.91 Å². The molecule has 0 spiro atoms. The van der Waals surface area contributed by atoms with E-state index < -0.39 is 95.4 Å². The Morgan fingerprint density at radius 3 is 2.36 bits per heavy atom. The number of nitrogens with zero attached hydrogens (tertiary/aromatic N) is 5. The molecule has 5 rings (SSSR count). The van der Waals surface area contributed by atoms with Crippen molar-refractivity contribution in [3.63, 3.8) is 0 Å². The first kappa shape index (κ1) is 61.1. The van der Waals surface area contributed by atoms with Crippen LogP contribution in [-0.2, 0) is 49.3 Å². The van der Waals surface area contributed by atoms with Crippen molar-refractivity contribution in [3.8, 4) is 11.3 Å². The predicted molar refractivity (Wildman–Crippen MR) is 283 cm³/mol. The van der Waals surface area contributed by atoms with Crippen molar-refractivity contribution in [3.05, 3.63) is 30.5 Å². The van der Waals surface area contributed by atoms with Crippen LogP contribution in [0.2, 0.25) is 0 Å². The van der Waals surface area contributed by atoms with Gasteiger partial charge in [-0.25, -0.2) is 9.59 Å². The molecule has 3 unspecified atom stereocenters. The van der Waals surface area contributed by atoms with Crippen LogP contribution in [0.15, 0.2) is 30.5 Å². The number of Topliss-reactive ketones (excluding diaryl/α,β-unsaturated/α-hetero) is 1. The molecule has 4 N–H and O–H groups in total. The Morgan fingerprint density at radius 1 is 1.03 bits per heavy atom. The zero-order chi connectivity index (χ0) is 55.8. The van der Waals surface area contributed by atoms with Crippen molar-refractivity contribution < 1.29 is 57.5 Å². The molecule has 3 aliphatic heterocycles. The number of methoxy groups -OCH3 is 1. The third-order valence-corrected chi connectivity index (χ3v) is 15.0. The Labute approximate surface area is 445 Å². The summed E-state index contributed by atoms with van der Waals surface area (Å²) in [6, 6.07) is 5.91. The summed E-state index contributed by atoms with van der Waals surface area (Å²) in [5.74, 6) is -3.62. The Morgan fingerprint density at radius 2 is 1.72 bits per heavy atom. The van der Waals surface area contributed by atoms with E-state index in [2.05, 4.69) is 54.0 Å². The number of aliphatic hydroxyl groups excluding tert-OH is 1. The number of aromatic nitrogens is 3. The monoisotopic (exact) mass is 1050 g/mol. The van der Waals surface area contributed by atoms with Crippen LogP contribution in [0.3, 0.4) is 0 Å². The number of anilines is 1. The molecule has 1 aromatic heterocycles. The summed E-state index contributed by atoms with van der Waals surface area (Å²) in [5.41, 5.74) is -1.15. The van der Waals surface area contributed by atoms with Gasteiger partial charge in [0.15, 0.2) is 17.7 Å². The van der Waals surface area contributed by atoms with E-state index in [1.807, 2.05) is 58.1 Å². The minimum absolute atomic E-state index is 0.00569. The number of ketones is 1. The Hall–Kier alpha value is -4.73. The van der Waals surface area contributed by atoms with Gasteiger partial charge in [-0.1, -0.05) is 58.9 Å². The second kappa shape index (κ2) is 25.6. The first-order valence-electron chi connectivity index (χ1n) is 26.9. The van der Waals surface area contributed by atoms with Crippen LogP contribution in [0, 0.1) is 23.2 Å². The van der Waals surface area contributed by atoms with Crippen LogP contribution in [0.5, 0.6) is 0 Å². The molecule has 13 atom stereocenters. The lowest BCUT2D eigenvalue weighted by molar-refractivity contribution is -0.296. The lowest BCUT2D eigenvalue weighted by Gasteiger charge is -2.47. The molecule has 20 heteroatoms. The summed E-state index contributed by atoms with van der Waals surface area (Å²) in [6.45, 7) is 26.0. The van der Waals surface area contributed by atoms with E-state index in [0.29, 0.717) is 69.5 Å². The van der Waals surface area contributed by atoms with Crippen molar-refractivity contribution in [2.24, 2.45) is 23.2 Å². The van der Waals surface area contributed by atoms with E-state index in [1.165, 1.54) is 6.92 Å². The van der Waals surface area contributed by atoms with Crippen molar-refractivity contribution in [1.29, 1.82) is 0 Å². The van der Waals surface area contributed by atoms with E-state index in [-0.39, 0.29) is 29.8 Å². The van der Waals surface area contributed by atoms with Crippen molar-refractivity contribution in [2.75, 3.05) is 46.2 Å². The molecule has 4 heterocycles. The van der Waals surface area contributed by atoms with Gasteiger partial charge in [0, 0.05) is 62.4 Å². The number of hydrogen-bond acceptors (Lipinski definition) is 16. The number of amides is 3. The molecule has 3 aliphatic rings. The first-order valence-corrected chi connectivity index (χ1v) is 26.9. The zero-order valence-corrected chi connectivity index (χ0v) is 47.7. The van der Waals surface area contributed by atoms with Crippen LogP contribution in [-0.4, -0.2) is 166 Å². The number of likely N-dealkylation sites (N-methyl/N-ethyl adjacent to an activating group) is 1.